The fourth-order valence-electron chi connectivity index (χ4n) is 4.29. The van der Waals surface area contributed by atoms with Crippen LogP contribution in [0.25, 0.3) is 0 Å². The van der Waals surface area contributed by atoms with E-state index in [1.54, 1.807) is 0 Å². The van der Waals surface area contributed by atoms with E-state index < -0.39 is 0 Å². The Morgan fingerprint density at radius 2 is 1.96 bits per heavy atom. The monoisotopic (exact) mass is 349 g/mol. The summed E-state index contributed by atoms with van der Waals surface area (Å²) in [5, 5.41) is 3.29. The largest absolute Gasteiger partial charge is 0.399 e. The standard InChI is InChI=1S/C22H27N3O/c1-15(25-12-11-16-5-2-3-6-18(16)14-25)22(26)24-21-8-4-7-17-13-19(23)9-10-20(17)21/h2-3,5-6,9-10,13,15,21H,4,7-8,11-12,14,23H2,1H3,(H,24,26). The van der Waals surface area contributed by atoms with Crippen LogP contribution in [0.5, 0.6) is 0 Å². The predicted molar refractivity (Wildman–Crippen MR) is 105 cm³/mol. The molecule has 4 rings (SSSR count). The summed E-state index contributed by atoms with van der Waals surface area (Å²) in [7, 11) is 0. The van der Waals surface area contributed by atoms with Gasteiger partial charge in [-0.25, -0.2) is 0 Å². The quantitative estimate of drug-likeness (QED) is 0.837. The Morgan fingerprint density at radius 1 is 1.15 bits per heavy atom. The van der Waals surface area contributed by atoms with Gasteiger partial charge in [-0.05, 0) is 67.0 Å². The number of carbonyl (C=O) groups is 1. The molecule has 0 bridgehead atoms. The summed E-state index contributed by atoms with van der Waals surface area (Å²) < 4.78 is 0. The molecular formula is C22H27N3O. The molecule has 2 aliphatic rings. The zero-order chi connectivity index (χ0) is 18.1. The first-order valence-corrected chi connectivity index (χ1v) is 9.61. The highest BCUT2D eigenvalue weighted by Gasteiger charge is 2.28. The van der Waals surface area contributed by atoms with Gasteiger partial charge in [0.05, 0.1) is 12.1 Å². The number of nitrogens with zero attached hydrogens (tertiary/aromatic N) is 1. The molecule has 2 aromatic rings. The van der Waals surface area contributed by atoms with Crippen LogP contribution in [0, 0.1) is 0 Å². The normalized spacial score (nSPS) is 20.7. The van der Waals surface area contributed by atoms with E-state index in [-0.39, 0.29) is 18.0 Å². The lowest BCUT2D eigenvalue weighted by atomic mass is 9.87. The second-order valence-corrected chi connectivity index (χ2v) is 7.58. The van der Waals surface area contributed by atoms with E-state index in [1.807, 2.05) is 13.0 Å². The number of aryl methyl sites for hydroxylation is 1. The summed E-state index contributed by atoms with van der Waals surface area (Å²) in [5.74, 6) is 0.124. The summed E-state index contributed by atoms with van der Waals surface area (Å²) in [6, 6.07) is 14.6. The molecule has 0 radical (unpaired) electrons. The van der Waals surface area contributed by atoms with Crippen LogP contribution < -0.4 is 11.1 Å². The first-order valence-electron chi connectivity index (χ1n) is 9.61. The fourth-order valence-corrected chi connectivity index (χ4v) is 4.29. The summed E-state index contributed by atoms with van der Waals surface area (Å²) in [5.41, 5.74) is 12.0. The van der Waals surface area contributed by atoms with Crippen molar-refractivity contribution in [2.45, 2.75) is 51.2 Å². The van der Waals surface area contributed by atoms with Crippen molar-refractivity contribution in [2.24, 2.45) is 0 Å². The Hall–Kier alpha value is -2.33. The molecule has 3 N–H and O–H groups in total. The van der Waals surface area contributed by atoms with Crippen LogP contribution >= 0.6 is 0 Å². The Bertz CT molecular complexity index is 817. The molecule has 0 fully saturated rings. The predicted octanol–water partition coefficient (Wildman–Crippen LogP) is 3.21. The molecule has 4 heteroatoms. The molecule has 1 amide bonds. The molecule has 0 saturated heterocycles. The van der Waals surface area contributed by atoms with E-state index in [1.165, 1.54) is 22.3 Å². The first kappa shape index (κ1) is 17.1. The van der Waals surface area contributed by atoms with Crippen LogP contribution in [0.4, 0.5) is 5.69 Å². The van der Waals surface area contributed by atoms with Crippen LogP contribution in [0.2, 0.25) is 0 Å². The number of rotatable bonds is 3. The lowest BCUT2D eigenvalue weighted by Gasteiger charge is -2.34. The highest BCUT2D eigenvalue weighted by molar-refractivity contribution is 5.82. The Kier molecular flexibility index (Phi) is 4.68. The summed E-state index contributed by atoms with van der Waals surface area (Å²) in [4.78, 5) is 15.2. The van der Waals surface area contributed by atoms with Crippen LogP contribution in [0.1, 0.15) is 48.1 Å². The molecule has 1 aliphatic carbocycles. The van der Waals surface area contributed by atoms with E-state index in [2.05, 4.69) is 46.6 Å². The highest BCUT2D eigenvalue weighted by Crippen LogP contribution is 2.31. The van der Waals surface area contributed by atoms with Gasteiger partial charge in [0.15, 0.2) is 0 Å². The molecule has 2 atom stereocenters. The second kappa shape index (κ2) is 7.12. The van der Waals surface area contributed by atoms with Crippen molar-refractivity contribution in [2.75, 3.05) is 12.3 Å². The van der Waals surface area contributed by atoms with Crippen molar-refractivity contribution in [1.29, 1.82) is 0 Å². The number of anilines is 1. The zero-order valence-electron chi connectivity index (χ0n) is 15.4. The van der Waals surface area contributed by atoms with Gasteiger partial charge in [-0.3, -0.25) is 9.69 Å². The average molecular weight is 349 g/mol. The molecule has 0 aromatic heterocycles. The number of amides is 1. The average Bonchev–Trinajstić information content (AvgIpc) is 2.67. The number of carbonyl (C=O) groups excluding carboxylic acids is 1. The molecule has 1 heterocycles. The molecule has 26 heavy (non-hydrogen) atoms. The van der Waals surface area contributed by atoms with Crippen molar-refractivity contribution >= 4 is 11.6 Å². The Balaban J connectivity index is 1.44. The van der Waals surface area contributed by atoms with Gasteiger partial charge in [0.25, 0.3) is 0 Å². The fraction of sp³-hybridized carbons (Fsp3) is 0.409. The van der Waals surface area contributed by atoms with Crippen LogP contribution in [0.3, 0.4) is 0 Å². The molecule has 4 nitrogen and oxygen atoms in total. The van der Waals surface area contributed by atoms with Gasteiger partial charge < -0.3 is 11.1 Å². The van der Waals surface area contributed by atoms with E-state index >= 15 is 0 Å². The minimum atomic E-state index is -0.123. The van der Waals surface area contributed by atoms with Crippen LogP contribution in [-0.4, -0.2) is 23.4 Å². The highest BCUT2D eigenvalue weighted by atomic mass is 16.2. The number of nitrogens with two attached hydrogens (primary N) is 1. The molecular weight excluding hydrogens is 322 g/mol. The van der Waals surface area contributed by atoms with E-state index in [9.17, 15) is 4.79 Å². The minimum Gasteiger partial charge on any atom is -0.399 e. The molecule has 0 saturated carbocycles. The third kappa shape index (κ3) is 3.34. The smallest absolute Gasteiger partial charge is 0.237 e. The van der Waals surface area contributed by atoms with Gasteiger partial charge in [0.1, 0.15) is 0 Å². The van der Waals surface area contributed by atoms with Crippen molar-refractivity contribution in [3.8, 4) is 0 Å². The van der Waals surface area contributed by atoms with Crippen LogP contribution in [0.15, 0.2) is 42.5 Å². The van der Waals surface area contributed by atoms with Crippen molar-refractivity contribution < 1.29 is 4.79 Å². The molecule has 2 unspecified atom stereocenters. The Morgan fingerprint density at radius 3 is 2.81 bits per heavy atom. The topological polar surface area (TPSA) is 58.4 Å². The van der Waals surface area contributed by atoms with Gasteiger partial charge in [-0.2, -0.15) is 0 Å². The number of benzene rings is 2. The number of nitrogens with one attached hydrogen (secondary N) is 1. The molecule has 2 aromatic carbocycles. The lowest BCUT2D eigenvalue weighted by molar-refractivity contribution is -0.127. The van der Waals surface area contributed by atoms with E-state index in [0.717, 1.165) is 44.5 Å². The van der Waals surface area contributed by atoms with Gasteiger partial charge in [-0.1, -0.05) is 30.3 Å². The second-order valence-electron chi connectivity index (χ2n) is 7.58. The van der Waals surface area contributed by atoms with Crippen molar-refractivity contribution in [3.63, 3.8) is 0 Å². The number of nitrogen functional groups attached to an aromatic ring is 1. The summed E-state index contributed by atoms with van der Waals surface area (Å²) in [6.07, 6.45) is 4.15. The SMILES string of the molecule is CC(C(=O)NC1CCCc2cc(N)ccc21)N1CCc2ccccc2C1. The zero-order valence-corrected chi connectivity index (χ0v) is 15.4. The molecule has 0 spiro atoms. The maximum atomic E-state index is 12.9. The summed E-state index contributed by atoms with van der Waals surface area (Å²) >= 11 is 0. The van der Waals surface area contributed by atoms with Crippen LogP contribution in [-0.2, 0) is 24.2 Å². The third-order valence-electron chi connectivity index (χ3n) is 5.89. The minimum absolute atomic E-state index is 0.103. The maximum absolute atomic E-state index is 12.9. The first-order chi connectivity index (χ1) is 12.6. The number of fused-ring (bicyclic) bond motifs is 2. The third-order valence-corrected chi connectivity index (χ3v) is 5.89. The van der Waals surface area contributed by atoms with Crippen molar-refractivity contribution in [3.05, 3.63) is 64.7 Å². The molecule has 1 aliphatic heterocycles. The van der Waals surface area contributed by atoms with Gasteiger partial charge in [-0.15, -0.1) is 0 Å². The Labute approximate surface area is 155 Å². The maximum Gasteiger partial charge on any atom is 0.237 e. The van der Waals surface area contributed by atoms with E-state index in [0.29, 0.717) is 0 Å². The van der Waals surface area contributed by atoms with Gasteiger partial charge in [0.2, 0.25) is 5.91 Å². The van der Waals surface area contributed by atoms with Crippen molar-refractivity contribution in [1.82, 2.24) is 10.2 Å². The summed E-state index contributed by atoms with van der Waals surface area (Å²) in [6.45, 7) is 3.81. The number of hydrogen-bond acceptors (Lipinski definition) is 3. The van der Waals surface area contributed by atoms with Gasteiger partial charge in [0, 0.05) is 18.8 Å². The van der Waals surface area contributed by atoms with E-state index in [4.69, 9.17) is 5.73 Å². The number of hydrogen-bond donors (Lipinski definition) is 2. The molecule has 136 valence electrons. The van der Waals surface area contributed by atoms with Gasteiger partial charge >= 0.3 is 0 Å². The lowest BCUT2D eigenvalue weighted by Crippen LogP contribution is -2.48.